The minimum Gasteiger partial charge on any atom is -0.355 e. The highest BCUT2D eigenvalue weighted by molar-refractivity contribution is 6.33. The van der Waals surface area contributed by atoms with Crippen molar-refractivity contribution in [2.45, 2.75) is 32.6 Å². The van der Waals surface area contributed by atoms with E-state index in [0.717, 1.165) is 36.8 Å². The quantitative estimate of drug-likeness (QED) is 0.832. The minimum atomic E-state index is 0.420. The zero-order chi connectivity index (χ0) is 13.6. The molecule has 0 radical (unpaired) electrons. The van der Waals surface area contributed by atoms with Gasteiger partial charge in [0.05, 0.1) is 5.02 Å². The number of aromatic nitrogens is 1. The molecule has 0 unspecified atom stereocenters. The summed E-state index contributed by atoms with van der Waals surface area (Å²) in [6.45, 7) is 6.12. The number of carbonyl (C=O) groups is 1. The molecule has 0 bridgehead atoms. The maximum atomic E-state index is 11.4. The first kappa shape index (κ1) is 12.9. The van der Waals surface area contributed by atoms with E-state index in [-0.39, 0.29) is 0 Å². The average Bonchev–Trinajstić information content (AvgIpc) is 2.85. The van der Waals surface area contributed by atoms with Crippen molar-refractivity contribution in [3.8, 4) is 0 Å². The summed E-state index contributed by atoms with van der Waals surface area (Å²) >= 11 is 6.37. The number of halogens is 1. The van der Waals surface area contributed by atoms with E-state index in [4.69, 9.17) is 11.6 Å². The lowest BCUT2D eigenvalue weighted by Crippen LogP contribution is -2.23. The Hall–Kier alpha value is -1.09. The van der Waals surface area contributed by atoms with Gasteiger partial charge >= 0.3 is 0 Å². The number of hydrogen-bond acceptors (Lipinski definition) is 3. The van der Waals surface area contributed by atoms with Gasteiger partial charge in [-0.15, -0.1) is 0 Å². The molecule has 2 atom stereocenters. The molecule has 102 valence electrons. The third-order valence-electron chi connectivity index (χ3n) is 4.37. The van der Waals surface area contributed by atoms with Crippen LogP contribution in [0.4, 0.5) is 5.82 Å². The zero-order valence-corrected chi connectivity index (χ0v) is 12.2. The molecule has 0 amide bonds. The van der Waals surface area contributed by atoms with Crippen molar-refractivity contribution >= 4 is 23.2 Å². The Kier molecular flexibility index (Phi) is 3.25. The highest BCUT2D eigenvalue weighted by Crippen LogP contribution is 2.39. The summed E-state index contributed by atoms with van der Waals surface area (Å²) in [6.07, 6.45) is 3.40. The number of ketones is 1. The molecule has 3 nitrogen and oxygen atoms in total. The van der Waals surface area contributed by atoms with Gasteiger partial charge in [-0.3, -0.25) is 4.79 Å². The highest BCUT2D eigenvalue weighted by atomic mass is 35.5. The molecule has 4 heteroatoms. The van der Waals surface area contributed by atoms with Gasteiger partial charge in [0.15, 0.2) is 0 Å². The van der Waals surface area contributed by atoms with Crippen LogP contribution in [0.1, 0.15) is 38.2 Å². The summed E-state index contributed by atoms with van der Waals surface area (Å²) in [4.78, 5) is 18.2. The summed E-state index contributed by atoms with van der Waals surface area (Å²) in [5.41, 5.74) is 1.17. The Morgan fingerprint density at radius 2 is 1.95 bits per heavy atom. The predicted molar refractivity (Wildman–Crippen MR) is 76.8 cm³/mol. The van der Waals surface area contributed by atoms with Crippen LogP contribution >= 0.6 is 11.6 Å². The van der Waals surface area contributed by atoms with Crippen molar-refractivity contribution in [3.05, 3.63) is 22.8 Å². The molecule has 1 aliphatic heterocycles. The lowest BCUT2D eigenvalue weighted by Gasteiger charge is -2.20. The monoisotopic (exact) mass is 278 g/mol. The van der Waals surface area contributed by atoms with Crippen molar-refractivity contribution in [2.75, 3.05) is 18.0 Å². The smallest absolute Gasteiger partial charge is 0.147 e. The second-order valence-electron chi connectivity index (χ2n) is 6.10. The molecule has 0 N–H and O–H groups in total. The average molecular weight is 279 g/mol. The molecule has 1 aromatic heterocycles. The summed E-state index contributed by atoms with van der Waals surface area (Å²) in [5.74, 6) is 2.76. The van der Waals surface area contributed by atoms with Gasteiger partial charge in [-0.25, -0.2) is 4.98 Å². The van der Waals surface area contributed by atoms with Crippen molar-refractivity contribution in [1.29, 1.82) is 0 Å². The largest absolute Gasteiger partial charge is 0.355 e. The first-order chi connectivity index (χ1) is 9.04. The number of pyridine rings is 1. The second-order valence-corrected chi connectivity index (χ2v) is 6.51. The molecule has 0 spiro atoms. The third-order valence-corrected chi connectivity index (χ3v) is 4.64. The molecule has 0 aromatic carbocycles. The van der Waals surface area contributed by atoms with E-state index in [1.54, 1.807) is 0 Å². The number of fused-ring (bicyclic) bond motifs is 1. The molecule has 1 saturated heterocycles. The van der Waals surface area contributed by atoms with Gasteiger partial charge in [0, 0.05) is 32.1 Å². The zero-order valence-electron chi connectivity index (χ0n) is 11.4. The Labute approximate surface area is 119 Å². The van der Waals surface area contributed by atoms with E-state index in [1.165, 1.54) is 5.56 Å². The fraction of sp³-hybridized carbons (Fsp3) is 0.600. The van der Waals surface area contributed by atoms with Gasteiger partial charge in [-0.05, 0) is 29.4 Å². The molecule has 3 rings (SSSR count). The van der Waals surface area contributed by atoms with Crippen LogP contribution in [0, 0.1) is 11.8 Å². The molecule has 2 aliphatic rings. The molecule has 1 saturated carbocycles. The van der Waals surface area contributed by atoms with Crippen molar-refractivity contribution in [1.82, 2.24) is 4.98 Å². The van der Waals surface area contributed by atoms with Gasteiger partial charge in [0.2, 0.25) is 0 Å². The topological polar surface area (TPSA) is 33.2 Å². The molecule has 1 aromatic rings. The van der Waals surface area contributed by atoms with Crippen LogP contribution in [0.15, 0.2) is 12.3 Å². The van der Waals surface area contributed by atoms with Crippen molar-refractivity contribution in [2.24, 2.45) is 11.8 Å². The van der Waals surface area contributed by atoms with Crippen LogP contribution in [0.25, 0.3) is 0 Å². The van der Waals surface area contributed by atoms with E-state index in [9.17, 15) is 4.79 Å². The van der Waals surface area contributed by atoms with Crippen LogP contribution in [0.2, 0.25) is 5.02 Å². The first-order valence-corrected chi connectivity index (χ1v) is 7.34. The third kappa shape index (κ3) is 2.36. The lowest BCUT2D eigenvalue weighted by atomic mass is 10.0. The number of carbonyl (C=O) groups excluding carboxylic acids is 1. The van der Waals surface area contributed by atoms with Crippen LogP contribution in [-0.2, 0) is 4.79 Å². The van der Waals surface area contributed by atoms with E-state index >= 15 is 0 Å². The fourth-order valence-electron chi connectivity index (χ4n) is 3.24. The molecule has 19 heavy (non-hydrogen) atoms. The van der Waals surface area contributed by atoms with Crippen LogP contribution in [0.5, 0.6) is 0 Å². The van der Waals surface area contributed by atoms with Crippen molar-refractivity contribution in [3.63, 3.8) is 0 Å². The summed E-state index contributed by atoms with van der Waals surface area (Å²) < 4.78 is 0. The first-order valence-electron chi connectivity index (χ1n) is 6.96. The molecular weight excluding hydrogens is 260 g/mol. The SMILES string of the molecule is CC(C)c1cnc(N2C[C@H]3CC(=O)C[C@H]3C2)c(Cl)c1. The van der Waals surface area contributed by atoms with Crippen molar-refractivity contribution < 1.29 is 4.79 Å². The number of hydrogen-bond donors (Lipinski definition) is 0. The molecular formula is C15H19ClN2O. The number of nitrogens with zero attached hydrogens (tertiary/aromatic N) is 2. The fourth-order valence-corrected chi connectivity index (χ4v) is 3.53. The standard InChI is InChI=1S/C15H19ClN2O/c1-9(2)10-5-14(16)15(17-6-10)18-7-11-3-13(19)4-12(11)8-18/h5-6,9,11-12H,3-4,7-8H2,1-2H3/t11-,12+. The Bertz CT molecular complexity index is 499. The highest BCUT2D eigenvalue weighted by Gasteiger charge is 2.40. The summed E-state index contributed by atoms with van der Waals surface area (Å²) in [5, 5.41) is 0.734. The predicted octanol–water partition coefficient (Wildman–Crippen LogP) is 3.27. The number of rotatable bonds is 2. The molecule has 2 fully saturated rings. The number of Topliss-reactive ketones (excluding diaryl/α,β-unsaturated/α-hetero) is 1. The van der Waals surface area contributed by atoms with Gasteiger partial charge in [-0.2, -0.15) is 0 Å². The summed E-state index contributed by atoms with van der Waals surface area (Å²) in [7, 11) is 0. The number of anilines is 1. The van der Waals surface area contributed by atoms with E-state index in [1.807, 2.05) is 12.3 Å². The Balaban J connectivity index is 1.79. The molecule has 1 aliphatic carbocycles. The van der Waals surface area contributed by atoms with E-state index in [0.29, 0.717) is 23.5 Å². The molecule has 2 heterocycles. The minimum absolute atomic E-state index is 0.420. The summed E-state index contributed by atoms with van der Waals surface area (Å²) in [6, 6.07) is 2.02. The van der Waals surface area contributed by atoms with E-state index < -0.39 is 0 Å². The lowest BCUT2D eigenvalue weighted by molar-refractivity contribution is -0.117. The Morgan fingerprint density at radius 3 is 2.47 bits per heavy atom. The van der Waals surface area contributed by atoms with Crippen LogP contribution < -0.4 is 4.90 Å². The van der Waals surface area contributed by atoms with E-state index in [2.05, 4.69) is 23.7 Å². The van der Waals surface area contributed by atoms with Gasteiger partial charge in [-0.1, -0.05) is 25.4 Å². The van der Waals surface area contributed by atoms with Crippen LogP contribution in [0.3, 0.4) is 0 Å². The maximum absolute atomic E-state index is 11.4. The van der Waals surface area contributed by atoms with Gasteiger partial charge in [0.1, 0.15) is 11.6 Å². The second kappa shape index (κ2) is 4.78. The van der Waals surface area contributed by atoms with Gasteiger partial charge in [0.25, 0.3) is 0 Å². The van der Waals surface area contributed by atoms with Crippen LogP contribution in [-0.4, -0.2) is 23.9 Å². The Morgan fingerprint density at radius 1 is 1.32 bits per heavy atom. The maximum Gasteiger partial charge on any atom is 0.147 e. The normalized spacial score (nSPS) is 26.3. The van der Waals surface area contributed by atoms with Gasteiger partial charge < -0.3 is 4.90 Å².